The highest BCUT2D eigenvalue weighted by Gasteiger charge is 2.32. The van der Waals surface area contributed by atoms with E-state index < -0.39 is 104 Å². The Hall–Kier alpha value is -8.28. The number of carboxylic acid groups (broad SMARTS) is 2. The number of aromatic amines is 2. The third kappa shape index (κ3) is 6.32. The molecule has 4 aromatic carbocycles. The van der Waals surface area contributed by atoms with Gasteiger partial charge < -0.3 is 20.2 Å². The lowest BCUT2D eigenvalue weighted by Gasteiger charge is -2.11. The maximum absolute atomic E-state index is 15.9. The number of carbonyl (C=O) groups is 2. The topological polar surface area (TPSA) is 132 Å². The van der Waals surface area contributed by atoms with Gasteiger partial charge >= 0.3 is 11.9 Å². The Labute approximate surface area is 350 Å². The van der Waals surface area contributed by atoms with Crippen LogP contribution in [0.25, 0.3) is 90.9 Å². The predicted molar refractivity (Wildman–Crippen MR) is 214 cm³/mol. The second-order valence-corrected chi connectivity index (χ2v) is 14.1. The first kappa shape index (κ1) is 41.1. The zero-order valence-corrected chi connectivity index (χ0v) is 31.6. The van der Waals surface area contributed by atoms with Crippen LogP contribution in [0.1, 0.15) is 43.5 Å². The summed E-state index contributed by atoms with van der Waals surface area (Å²) in [6.07, 6.45) is 4.65. The molecule has 7 aromatic rings. The third-order valence-corrected chi connectivity index (χ3v) is 10.5. The number of hydrogen-bond donors (Lipinski definition) is 4. The number of aromatic nitrogens is 4. The number of H-pyrrole nitrogens is 2. The van der Waals surface area contributed by atoms with Crippen molar-refractivity contribution in [2.24, 2.45) is 0 Å². The molecule has 318 valence electrons. The van der Waals surface area contributed by atoms with Crippen LogP contribution in [-0.4, -0.2) is 42.1 Å². The van der Waals surface area contributed by atoms with Crippen molar-refractivity contribution in [1.82, 2.24) is 19.9 Å². The Morgan fingerprint density at radius 2 is 0.625 bits per heavy atom. The molecule has 0 amide bonds. The summed E-state index contributed by atoms with van der Waals surface area (Å²) in [5, 5.41) is 20.5. The van der Waals surface area contributed by atoms with E-state index in [2.05, 4.69) is 19.9 Å². The molecule has 9 rings (SSSR count). The summed E-state index contributed by atoms with van der Waals surface area (Å²) in [4.78, 5) is 39.9. The van der Waals surface area contributed by atoms with Gasteiger partial charge in [0.05, 0.1) is 45.0 Å². The summed E-state index contributed by atoms with van der Waals surface area (Å²) < 4.78 is 153. The van der Waals surface area contributed by atoms with Crippen LogP contribution in [0.2, 0.25) is 0 Å². The summed E-state index contributed by atoms with van der Waals surface area (Å²) >= 11 is 0. The Bertz CT molecular complexity index is 3200. The summed E-state index contributed by atoms with van der Waals surface area (Å²) in [6, 6.07) is 15.4. The summed E-state index contributed by atoms with van der Waals surface area (Å²) in [5.74, 6) is -26.1. The molecular formula is C46H20F10N4O4. The van der Waals surface area contributed by atoms with Gasteiger partial charge in [-0.15, -0.1) is 0 Å². The van der Waals surface area contributed by atoms with Crippen molar-refractivity contribution in [1.29, 1.82) is 0 Å². The molecule has 8 bridgehead atoms. The molecule has 0 spiro atoms. The molecule has 18 heteroatoms. The first-order valence-electron chi connectivity index (χ1n) is 18.4. The average Bonchev–Trinajstić information content (AvgIpc) is 4.14. The van der Waals surface area contributed by atoms with Crippen LogP contribution in [0, 0.1) is 58.2 Å². The van der Waals surface area contributed by atoms with Crippen molar-refractivity contribution >= 4 is 58.3 Å². The van der Waals surface area contributed by atoms with E-state index in [-0.39, 0.29) is 66.8 Å². The molecule has 0 saturated carbocycles. The largest absolute Gasteiger partial charge is 0.478 e. The molecular weight excluding hydrogens is 863 g/mol. The second-order valence-electron chi connectivity index (χ2n) is 14.1. The van der Waals surface area contributed by atoms with E-state index in [0.717, 1.165) is 24.3 Å². The van der Waals surface area contributed by atoms with Gasteiger partial charge in [0.2, 0.25) is 11.6 Å². The molecule has 0 saturated heterocycles. The zero-order chi connectivity index (χ0) is 45.5. The molecule has 64 heavy (non-hydrogen) atoms. The SMILES string of the molecule is O=C(O)c1ccccc1-c1c2nc(c(-c3c(F)c(F)c(F)c(F)c3F)c3ccc([nH]3)c(-c3ccccc3C(=O)O)c3nc(c(-c4c(F)c(F)c(F)c(F)c4F)c4ccc1[nH]4)C=C3)C=C2. The number of fused-ring (bicyclic) bond motifs is 8. The number of aromatic carboxylic acids is 2. The molecule has 0 radical (unpaired) electrons. The third-order valence-electron chi connectivity index (χ3n) is 10.5. The Morgan fingerprint density at radius 3 is 0.938 bits per heavy atom. The highest BCUT2D eigenvalue weighted by molar-refractivity contribution is 6.05. The number of benzene rings is 4. The normalized spacial score (nSPS) is 12.0. The van der Waals surface area contributed by atoms with Crippen molar-refractivity contribution < 1.29 is 63.7 Å². The molecule has 0 aliphatic carbocycles. The van der Waals surface area contributed by atoms with Crippen LogP contribution in [0.3, 0.4) is 0 Å². The molecule has 0 fully saturated rings. The van der Waals surface area contributed by atoms with Crippen molar-refractivity contribution in [3.8, 4) is 44.5 Å². The minimum atomic E-state index is -2.46. The molecule has 0 atom stereocenters. The van der Waals surface area contributed by atoms with Crippen molar-refractivity contribution in [2.45, 2.75) is 0 Å². The van der Waals surface area contributed by atoms with Crippen molar-refractivity contribution in [3.63, 3.8) is 0 Å². The monoisotopic (exact) mass is 882 g/mol. The lowest BCUT2D eigenvalue weighted by Crippen LogP contribution is -2.05. The highest BCUT2D eigenvalue weighted by Crippen LogP contribution is 2.43. The summed E-state index contributed by atoms with van der Waals surface area (Å²) in [7, 11) is 0. The van der Waals surface area contributed by atoms with Gasteiger partial charge in [0.1, 0.15) is 0 Å². The number of carboxylic acids is 2. The molecule has 0 unspecified atom stereocenters. The van der Waals surface area contributed by atoms with Crippen molar-refractivity contribution in [2.75, 3.05) is 0 Å². The average molecular weight is 883 g/mol. The number of halogens is 10. The van der Waals surface area contributed by atoms with Crippen LogP contribution < -0.4 is 0 Å². The van der Waals surface area contributed by atoms with Crippen molar-refractivity contribution in [3.05, 3.63) is 165 Å². The van der Waals surface area contributed by atoms with Gasteiger partial charge in [-0.2, -0.15) is 0 Å². The first-order chi connectivity index (χ1) is 30.6. The molecule has 2 aliphatic heterocycles. The van der Waals surface area contributed by atoms with Crippen LogP contribution >= 0.6 is 0 Å². The van der Waals surface area contributed by atoms with Crippen LogP contribution in [0.5, 0.6) is 0 Å². The van der Waals surface area contributed by atoms with Gasteiger partial charge in [-0.3, -0.25) is 0 Å². The lowest BCUT2D eigenvalue weighted by molar-refractivity contribution is 0.0687. The predicted octanol–water partition coefficient (Wildman–Crippen LogP) is 12.1. The van der Waals surface area contributed by atoms with Gasteiger partial charge in [0.25, 0.3) is 0 Å². The first-order valence-corrected chi connectivity index (χ1v) is 18.4. The second kappa shape index (κ2) is 15.3. The molecule has 2 aliphatic rings. The van der Waals surface area contributed by atoms with Gasteiger partial charge in [-0.05, 0) is 60.7 Å². The lowest BCUT2D eigenvalue weighted by atomic mass is 9.98. The maximum atomic E-state index is 15.9. The fraction of sp³-hybridized carbons (Fsp3) is 0. The molecule has 8 nitrogen and oxygen atoms in total. The maximum Gasteiger partial charge on any atom is 0.336 e. The van der Waals surface area contributed by atoms with E-state index in [9.17, 15) is 28.6 Å². The quantitative estimate of drug-likeness (QED) is 0.0747. The minimum Gasteiger partial charge on any atom is -0.478 e. The fourth-order valence-electron chi connectivity index (χ4n) is 7.72. The number of nitrogens with zero attached hydrogens (tertiary/aromatic N) is 2. The Balaban J connectivity index is 1.57. The summed E-state index contributed by atoms with van der Waals surface area (Å²) in [6.45, 7) is 0. The van der Waals surface area contributed by atoms with Crippen LogP contribution in [0.15, 0.2) is 72.8 Å². The number of rotatable bonds is 6. The highest BCUT2D eigenvalue weighted by atomic mass is 19.2. The minimum absolute atomic E-state index is 0.100. The number of nitrogens with one attached hydrogen (secondary N) is 2. The Morgan fingerprint density at radius 1 is 0.359 bits per heavy atom. The standard InChI is InChI=1S/C46H20F10N4O4/c47-35-33(36(48)40(52)43(55)39(35)51)31-25-13-9-21(57-25)29(17-5-1-3-7-19(17)45(61)62)22-10-14-26(58-22)32(34-37(49)41(53)44(56)42(54)38(34)50)28-16-12-24(60-28)30(23-11-15-27(31)59-23)18-6-2-4-8-20(18)46(63)64/h1-16,57,60H,(H,61,62)(H,63,64). The van der Waals surface area contributed by atoms with Gasteiger partial charge in [-0.25, -0.2) is 63.5 Å². The smallest absolute Gasteiger partial charge is 0.336 e. The summed E-state index contributed by atoms with van der Waals surface area (Å²) in [5.41, 5.74) is -7.81. The van der Waals surface area contributed by atoms with E-state index in [1.807, 2.05) is 0 Å². The van der Waals surface area contributed by atoms with E-state index in [4.69, 9.17) is 0 Å². The van der Waals surface area contributed by atoms with Gasteiger partial charge in [0, 0.05) is 55.4 Å². The molecule has 5 heterocycles. The van der Waals surface area contributed by atoms with E-state index in [0.29, 0.717) is 0 Å². The van der Waals surface area contributed by atoms with Gasteiger partial charge in [0.15, 0.2) is 46.5 Å². The number of hydrogen-bond acceptors (Lipinski definition) is 4. The van der Waals surface area contributed by atoms with E-state index in [1.165, 1.54) is 72.8 Å². The zero-order valence-electron chi connectivity index (χ0n) is 31.6. The molecule has 4 N–H and O–H groups in total. The van der Waals surface area contributed by atoms with Crippen LogP contribution in [0.4, 0.5) is 43.9 Å². The van der Waals surface area contributed by atoms with E-state index >= 15 is 35.1 Å². The Kier molecular flexibility index (Phi) is 9.80. The molecule has 3 aromatic heterocycles. The fourth-order valence-corrected chi connectivity index (χ4v) is 7.72. The van der Waals surface area contributed by atoms with Crippen LogP contribution in [-0.2, 0) is 0 Å². The van der Waals surface area contributed by atoms with Gasteiger partial charge in [-0.1, -0.05) is 36.4 Å². The van der Waals surface area contributed by atoms with E-state index in [1.54, 1.807) is 0 Å².